The number of fused-ring (bicyclic) bond motifs is 1. The number of rotatable bonds is 8. The molecule has 3 amide bonds. The van der Waals surface area contributed by atoms with Crippen molar-refractivity contribution in [3.63, 3.8) is 0 Å². The highest BCUT2D eigenvalue weighted by atomic mass is 32.1. The molecular weight excluding hydrogens is 489 g/mol. The van der Waals surface area contributed by atoms with E-state index in [-0.39, 0.29) is 23.7 Å². The van der Waals surface area contributed by atoms with E-state index in [4.69, 9.17) is 0 Å². The smallest absolute Gasteiger partial charge is 0.317 e. The van der Waals surface area contributed by atoms with Crippen molar-refractivity contribution >= 4 is 34.2 Å². The molecule has 37 heavy (non-hydrogen) atoms. The number of nitrogens with zero attached hydrogens (tertiary/aromatic N) is 2. The summed E-state index contributed by atoms with van der Waals surface area (Å²) >= 11 is 1.51. The number of urea groups is 1. The van der Waals surface area contributed by atoms with E-state index in [9.17, 15) is 14.0 Å². The Kier molecular flexibility index (Phi) is 8.18. The second-order valence-corrected chi connectivity index (χ2v) is 10.8. The average molecular weight is 524 g/mol. The minimum atomic E-state index is -0.272. The molecule has 0 bridgehead atoms. The third kappa shape index (κ3) is 6.39. The van der Waals surface area contributed by atoms with Gasteiger partial charge in [0, 0.05) is 54.6 Å². The van der Waals surface area contributed by atoms with E-state index in [1.54, 1.807) is 6.07 Å². The van der Waals surface area contributed by atoms with Gasteiger partial charge in [0.25, 0.3) is 5.91 Å². The first-order chi connectivity index (χ1) is 18.1. The number of thiazole rings is 1. The van der Waals surface area contributed by atoms with Crippen molar-refractivity contribution in [2.75, 3.05) is 26.2 Å². The normalized spacial score (nSPS) is 16.6. The number of allylic oxidation sites excluding steroid dienone is 1. The number of halogens is 1. The molecule has 9 heteroatoms. The van der Waals surface area contributed by atoms with Gasteiger partial charge in [-0.05, 0) is 75.1 Å². The fourth-order valence-corrected chi connectivity index (χ4v) is 6.21. The molecule has 1 aliphatic heterocycles. The molecule has 0 saturated carbocycles. The van der Waals surface area contributed by atoms with E-state index in [1.807, 2.05) is 16.5 Å². The largest absolute Gasteiger partial charge is 0.361 e. The SMILES string of the molecule is O=C(NCCc1c[nH]c2ccc(F)cc12)c1csc(C2CCN(C(=O)NCCC3=CCCCC3)CC2)n1. The predicted octanol–water partition coefficient (Wildman–Crippen LogP) is 5.52. The Hall–Kier alpha value is -3.20. The summed E-state index contributed by atoms with van der Waals surface area (Å²) < 4.78 is 13.6. The lowest BCUT2D eigenvalue weighted by atomic mass is 9.97. The molecule has 2 aliphatic rings. The van der Waals surface area contributed by atoms with Crippen molar-refractivity contribution in [3.05, 3.63) is 63.5 Å². The van der Waals surface area contributed by atoms with E-state index in [0.29, 0.717) is 38.3 Å². The van der Waals surface area contributed by atoms with Gasteiger partial charge in [-0.25, -0.2) is 14.2 Å². The average Bonchev–Trinajstić information content (AvgIpc) is 3.57. The molecule has 5 rings (SSSR count). The highest BCUT2D eigenvalue weighted by molar-refractivity contribution is 7.09. The Bertz CT molecular complexity index is 1270. The predicted molar refractivity (Wildman–Crippen MR) is 145 cm³/mol. The monoisotopic (exact) mass is 523 g/mol. The number of hydrogen-bond acceptors (Lipinski definition) is 4. The molecular formula is C28H34FN5O2S. The first kappa shape index (κ1) is 25.4. The van der Waals surface area contributed by atoms with Crippen LogP contribution in [0, 0.1) is 5.82 Å². The summed E-state index contributed by atoms with van der Waals surface area (Å²) in [6.45, 7) is 2.55. The molecule has 1 fully saturated rings. The van der Waals surface area contributed by atoms with Crippen molar-refractivity contribution in [2.24, 2.45) is 0 Å². The molecule has 1 aromatic carbocycles. The molecule has 7 nitrogen and oxygen atoms in total. The fraction of sp³-hybridized carbons (Fsp3) is 0.464. The number of carbonyl (C=O) groups is 2. The maximum atomic E-state index is 13.6. The van der Waals surface area contributed by atoms with Gasteiger partial charge in [-0.15, -0.1) is 11.3 Å². The van der Waals surface area contributed by atoms with Crippen LogP contribution in [0.1, 0.15) is 71.9 Å². The maximum Gasteiger partial charge on any atom is 0.317 e. The highest BCUT2D eigenvalue weighted by Crippen LogP contribution is 2.30. The Morgan fingerprint density at radius 1 is 1.14 bits per heavy atom. The number of carbonyl (C=O) groups excluding carboxylic acids is 2. The second kappa shape index (κ2) is 11.9. The second-order valence-electron chi connectivity index (χ2n) is 9.93. The van der Waals surface area contributed by atoms with Gasteiger partial charge in [0.15, 0.2) is 0 Å². The van der Waals surface area contributed by atoms with Crippen LogP contribution in [-0.2, 0) is 6.42 Å². The van der Waals surface area contributed by atoms with Crippen molar-refractivity contribution in [2.45, 2.75) is 57.3 Å². The highest BCUT2D eigenvalue weighted by Gasteiger charge is 2.26. The molecule has 3 heterocycles. The van der Waals surface area contributed by atoms with Crippen LogP contribution in [0.4, 0.5) is 9.18 Å². The number of aromatic amines is 1. The third-order valence-electron chi connectivity index (χ3n) is 7.40. The summed E-state index contributed by atoms with van der Waals surface area (Å²) in [5, 5.41) is 9.62. The zero-order chi connectivity index (χ0) is 25.6. The minimum absolute atomic E-state index is 0.0204. The van der Waals surface area contributed by atoms with Crippen LogP contribution in [-0.4, -0.2) is 53.0 Å². The van der Waals surface area contributed by atoms with Gasteiger partial charge in [0.05, 0.1) is 5.01 Å². The Morgan fingerprint density at radius 3 is 2.78 bits per heavy atom. The maximum absolute atomic E-state index is 13.6. The number of H-pyrrole nitrogens is 1. The molecule has 0 spiro atoms. The van der Waals surface area contributed by atoms with Crippen LogP contribution in [0.15, 0.2) is 41.4 Å². The van der Waals surface area contributed by atoms with Gasteiger partial charge in [-0.3, -0.25) is 4.79 Å². The molecule has 3 N–H and O–H groups in total. The quantitative estimate of drug-likeness (QED) is 0.340. The van der Waals surface area contributed by atoms with Crippen molar-refractivity contribution in [3.8, 4) is 0 Å². The van der Waals surface area contributed by atoms with E-state index >= 15 is 0 Å². The number of hydrogen-bond donors (Lipinski definition) is 3. The summed E-state index contributed by atoms with van der Waals surface area (Å²) in [5.41, 5.74) is 3.76. The molecule has 0 unspecified atom stereocenters. The number of aromatic nitrogens is 2. The van der Waals surface area contributed by atoms with Crippen molar-refractivity contribution in [1.29, 1.82) is 0 Å². The van der Waals surface area contributed by atoms with E-state index in [2.05, 4.69) is 26.7 Å². The van der Waals surface area contributed by atoms with Gasteiger partial charge >= 0.3 is 6.03 Å². The summed E-state index contributed by atoms with van der Waals surface area (Å²) in [7, 11) is 0. The summed E-state index contributed by atoms with van der Waals surface area (Å²) in [6, 6.07) is 4.68. The van der Waals surface area contributed by atoms with Crippen LogP contribution in [0.5, 0.6) is 0 Å². The van der Waals surface area contributed by atoms with Crippen LogP contribution in [0.25, 0.3) is 10.9 Å². The fourth-order valence-electron chi connectivity index (χ4n) is 5.24. The van der Waals surface area contributed by atoms with E-state index < -0.39 is 0 Å². The van der Waals surface area contributed by atoms with Crippen LogP contribution < -0.4 is 10.6 Å². The standard InChI is InChI=1S/C28H34FN5O2S/c29-22-6-7-24-23(16-22)21(17-32-24)9-13-30-26(35)25-18-37-27(33-25)20-10-14-34(15-11-20)28(36)31-12-8-19-4-2-1-3-5-19/h4,6-7,16-18,20,32H,1-3,5,8-15H2,(H,30,35)(H,31,36). The molecule has 0 radical (unpaired) electrons. The van der Waals surface area contributed by atoms with Crippen molar-refractivity contribution in [1.82, 2.24) is 25.5 Å². The van der Waals surface area contributed by atoms with Gasteiger partial charge in [0.2, 0.25) is 0 Å². The molecule has 1 aliphatic carbocycles. The van der Waals surface area contributed by atoms with E-state index in [0.717, 1.165) is 40.7 Å². The number of amides is 3. The summed E-state index contributed by atoms with van der Waals surface area (Å²) in [6.07, 6.45) is 12.3. The summed E-state index contributed by atoms with van der Waals surface area (Å²) in [5.74, 6) is -0.200. The van der Waals surface area contributed by atoms with Crippen LogP contribution in [0.3, 0.4) is 0 Å². The van der Waals surface area contributed by atoms with Gasteiger partial charge in [-0.1, -0.05) is 11.6 Å². The van der Waals surface area contributed by atoms with E-state index in [1.165, 1.54) is 54.7 Å². The van der Waals surface area contributed by atoms with Crippen molar-refractivity contribution < 1.29 is 14.0 Å². The molecule has 2 aromatic heterocycles. The molecule has 1 saturated heterocycles. The lowest BCUT2D eigenvalue weighted by Crippen LogP contribution is -2.44. The molecule has 3 aromatic rings. The first-order valence-electron chi connectivity index (χ1n) is 13.3. The zero-order valence-electron chi connectivity index (χ0n) is 21.0. The minimum Gasteiger partial charge on any atom is -0.361 e. The zero-order valence-corrected chi connectivity index (χ0v) is 21.8. The first-order valence-corrected chi connectivity index (χ1v) is 14.1. The van der Waals surface area contributed by atoms with Gasteiger partial charge < -0.3 is 20.5 Å². The van der Waals surface area contributed by atoms with Gasteiger partial charge in [0.1, 0.15) is 11.5 Å². The third-order valence-corrected chi connectivity index (χ3v) is 8.41. The Labute approximate surface area is 220 Å². The molecule has 0 atom stereocenters. The Balaban J connectivity index is 1.05. The summed E-state index contributed by atoms with van der Waals surface area (Å²) in [4.78, 5) is 34.8. The lowest BCUT2D eigenvalue weighted by Gasteiger charge is -2.31. The number of nitrogens with one attached hydrogen (secondary N) is 3. The number of likely N-dealkylation sites (tertiary alicyclic amines) is 1. The van der Waals surface area contributed by atoms with Gasteiger partial charge in [-0.2, -0.15) is 0 Å². The topological polar surface area (TPSA) is 90.1 Å². The number of piperidine rings is 1. The molecule has 196 valence electrons. The van der Waals surface area contributed by atoms with Crippen LogP contribution in [0.2, 0.25) is 0 Å². The van der Waals surface area contributed by atoms with Crippen LogP contribution >= 0.6 is 11.3 Å². The Morgan fingerprint density at radius 2 is 1.97 bits per heavy atom. The number of benzene rings is 1. The lowest BCUT2D eigenvalue weighted by molar-refractivity contribution is 0.0949.